The molecule has 0 bridgehead atoms. The van der Waals surface area contributed by atoms with E-state index >= 15 is 0 Å². The Kier molecular flexibility index (Phi) is 1.89. The van der Waals surface area contributed by atoms with Gasteiger partial charge >= 0.3 is 0 Å². The van der Waals surface area contributed by atoms with Crippen molar-refractivity contribution in [1.29, 1.82) is 0 Å². The molecule has 12 heavy (non-hydrogen) atoms. The molecule has 66 valence electrons. The Morgan fingerprint density at radius 2 is 2.50 bits per heavy atom. The number of hydrogen-bond acceptors (Lipinski definition) is 2. The van der Waals surface area contributed by atoms with Gasteiger partial charge in [-0.05, 0) is 19.3 Å². The number of nitrogens with zero attached hydrogens (tertiary/aromatic N) is 1. The van der Waals surface area contributed by atoms with Gasteiger partial charge in [0.2, 0.25) is 0 Å². The monoisotopic (exact) mass is 165 g/mol. The quantitative estimate of drug-likeness (QED) is 0.712. The molecule has 3 heteroatoms. The Balaban J connectivity index is 1.89. The van der Waals surface area contributed by atoms with Gasteiger partial charge in [-0.15, -0.1) is 0 Å². The van der Waals surface area contributed by atoms with Gasteiger partial charge in [-0.25, -0.2) is 0 Å². The van der Waals surface area contributed by atoms with Gasteiger partial charge in [0.25, 0.3) is 0 Å². The first kappa shape index (κ1) is 7.80. The van der Waals surface area contributed by atoms with Crippen molar-refractivity contribution in [3.63, 3.8) is 0 Å². The van der Waals surface area contributed by atoms with Crippen LogP contribution in [0.4, 0.5) is 0 Å². The fourth-order valence-electron chi connectivity index (χ4n) is 1.47. The highest BCUT2D eigenvalue weighted by Crippen LogP contribution is 2.31. The third-order valence-corrected chi connectivity index (χ3v) is 2.59. The van der Waals surface area contributed by atoms with E-state index < -0.39 is 0 Å². The van der Waals surface area contributed by atoms with Crippen LogP contribution in [0.15, 0.2) is 12.4 Å². The highest BCUT2D eigenvalue weighted by molar-refractivity contribution is 5.09. The molecule has 3 nitrogen and oxygen atoms in total. The van der Waals surface area contributed by atoms with Gasteiger partial charge in [0.15, 0.2) is 0 Å². The van der Waals surface area contributed by atoms with Gasteiger partial charge < -0.3 is 5.32 Å². The Hall–Kier alpha value is -0.830. The molecule has 0 amide bonds. The van der Waals surface area contributed by atoms with E-state index in [1.807, 2.05) is 12.4 Å². The second-order valence-corrected chi connectivity index (χ2v) is 3.74. The summed E-state index contributed by atoms with van der Waals surface area (Å²) in [5.74, 6) is 0.861. The van der Waals surface area contributed by atoms with Crippen molar-refractivity contribution in [3.05, 3.63) is 18.0 Å². The highest BCUT2D eigenvalue weighted by Gasteiger charge is 2.33. The first-order chi connectivity index (χ1) is 5.77. The predicted octanol–water partition coefficient (Wildman–Crippen LogP) is 1.47. The van der Waals surface area contributed by atoms with E-state index in [0.717, 1.165) is 12.0 Å². The van der Waals surface area contributed by atoms with Gasteiger partial charge in [-0.2, -0.15) is 5.10 Å². The molecule has 2 rings (SSSR count). The molecule has 0 saturated heterocycles. The summed E-state index contributed by atoms with van der Waals surface area (Å²) in [7, 11) is 0. The average molecular weight is 165 g/mol. The van der Waals surface area contributed by atoms with Crippen LogP contribution in [0.25, 0.3) is 0 Å². The average Bonchev–Trinajstić information content (AvgIpc) is 2.58. The molecule has 0 radical (unpaired) electrons. The molecule has 0 aromatic carbocycles. The number of nitrogens with one attached hydrogen (secondary N) is 2. The van der Waals surface area contributed by atoms with Gasteiger partial charge in [0, 0.05) is 23.8 Å². The second kappa shape index (κ2) is 2.90. The van der Waals surface area contributed by atoms with Crippen LogP contribution in [0.5, 0.6) is 0 Å². The molecule has 3 unspecified atom stereocenters. The zero-order valence-electron chi connectivity index (χ0n) is 7.54. The summed E-state index contributed by atoms with van der Waals surface area (Å²) in [6.07, 6.45) is 5.15. The second-order valence-electron chi connectivity index (χ2n) is 3.74. The van der Waals surface area contributed by atoms with Crippen LogP contribution < -0.4 is 5.32 Å². The number of H-pyrrole nitrogens is 1. The molecule has 0 spiro atoms. The summed E-state index contributed by atoms with van der Waals surface area (Å²) in [6.45, 7) is 4.45. The van der Waals surface area contributed by atoms with Gasteiger partial charge in [-0.3, -0.25) is 5.10 Å². The lowest BCUT2D eigenvalue weighted by atomic mass is 10.2. The SMILES string of the molecule is CC(NC1CC1C)c1cn[nH]c1. The van der Waals surface area contributed by atoms with Crippen LogP contribution in [0.1, 0.15) is 31.9 Å². The molecule has 1 aromatic rings. The molecule has 1 heterocycles. The van der Waals surface area contributed by atoms with E-state index in [4.69, 9.17) is 0 Å². The van der Waals surface area contributed by atoms with E-state index in [-0.39, 0.29) is 0 Å². The Morgan fingerprint density at radius 3 is 3.00 bits per heavy atom. The Labute approximate surface area is 72.6 Å². The number of aromatic amines is 1. The highest BCUT2D eigenvalue weighted by atomic mass is 15.1. The lowest BCUT2D eigenvalue weighted by Gasteiger charge is -2.10. The van der Waals surface area contributed by atoms with E-state index in [1.165, 1.54) is 12.0 Å². The molecular formula is C9H15N3. The summed E-state index contributed by atoms with van der Waals surface area (Å²) >= 11 is 0. The summed E-state index contributed by atoms with van der Waals surface area (Å²) in [4.78, 5) is 0. The van der Waals surface area contributed by atoms with E-state index in [1.54, 1.807) is 0 Å². The first-order valence-electron chi connectivity index (χ1n) is 4.52. The van der Waals surface area contributed by atoms with E-state index in [2.05, 4.69) is 29.4 Å². The van der Waals surface area contributed by atoms with Gasteiger partial charge in [-0.1, -0.05) is 6.92 Å². The van der Waals surface area contributed by atoms with Crippen molar-refractivity contribution >= 4 is 0 Å². The molecule has 3 atom stereocenters. The predicted molar refractivity (Wildman–Crippen MR) is 47.7 cm³/mol. The van der Waals surface area contributed by atoms with Crippen molar-refractivity contribution in [2.24, 2.45) is 5.92 Å². The minimum Gasteiger partial charge on any atom is -0.307 e. The third kappa shape index (κ3) is 1.50. The number of rotatable bonds is 3. The zero-order chi connectivity index (χ0) is 8.55. The number of hydrogen-bond donors (Lipinski definition) is 2. The zero-order valence-corrected chi connectivity index (χ0v) is 7.54. The van der Waals surface area contributed by atoms with Crippen LogP contribution in [0, 0.1) is 5.92 Å². The summed E-state index contributed by atoms with van der Waals surface area (Å²) in [6, 6.07) is 1.16. The minimum atomic E-state index is 0.429. The van der Waals surface area contributed by atoms with E-state index in [9.17, 15) is 0 Å². The van der Waals surface area contributed by atoms with Crippen molar-refractivity contribution in [1.82, 2.24) is 15.5 Å². The lowest BCUT2D eigenvalue weighted by molar-refractivity contribution is 0.552. The van der Waals surface area contributed by atoms with Crippen molar-refractivity contribution < 1.29 is 0 Å². The van der Waals surface area contributed by atoms with Crippen LogP contribution in [-0.2, 0) is 0 Å². The van der Waals surface area contributed by atoms with Crippen LogP contribution in [0.3, 0.4) is 0 Å². The molecule has 1 aliphatic rings. The molecular weight excluding hydrogens is 150 g/mol. The fraction of sp³-hybridized carbons (Fsp3) is 0.667. The minimum absolute atomic E-state index is 0.429. The molecule has 2 N–H and O–H groups in total. The van der Waals surface area contributed by atoms with Crippen molar-refractivity contribution in [2.45, 2.75) is 32.4 Å². The Bertz CT molecular complexity index is 242. The maximum Gasteiger partial charge on any atom is 0.0534 e. The normalized spacial score (nSPS) is 30.2. The van der Waals surface area contributed by atoms with Crippen LogP contribution >= 0.6 is 0 Å². The molecule has 1 saturated carbocycles. The standard InChI is InChI=1S/C9H15N3/c1-6-3-9(6)12-7(2)8-4-10-11-5-8/h4-7,9,12H,3H2,1-2H3,(H,10,11). The maximum absolute atomic E-state index is 3.92. The van der Waals surface area contributed by atoms with Gasteiger partial charge in [0.05, 0.1) is 6.20 Å². The molecule has 1 aliphatic carbocycles. The topological polar surface area (TPSA) is 40.7 Å². The lowest BCUT2D eigenvalue weighted by Crippen LogP contribution is -2.21. The molecule has 1 aromatic heterocycles. The molecule has 1 fully saturated rings. The Morgan fingerprint density at radius 1 is 1.75 bits per heavy atom. The van der Waals surface area contributed by atoms with Gasteiger partial charge in [0.1, 0.15) is 0 Å². The summed E-state index contributed by atoms with van der Waals surface area (Å²) in [5.41, 5.74) is 1.24. The van der Waals surface area contributed by atoms with E-state index in [0.29, 0.717) is 6.04 Å². The third-order valence-electron chi connectivity index (χ3n) is 2.59. The maximum atomic E-state index is 3.92. The molecule has 0 aliphatic heterocycles. The summed E-state index contributed by atoms with van der Waals surface area (Å²) < 4.78 is 0. The first-order valence-corrected chi connectivity index (χ1v) is 4.52. The summed E-state index contributed by atoms with van der Waals surface area (Å²) in [5, 5.41) is 10.3. The largest absolute Gasteiger partial charge is 0.307 e. The van der Waals surface area contributed by atoms with Crippen LogP contribution in [0.2, 0.25) is 0 Å². The number of aromatic nitrogens is 2. The van der Waals surface area contributed by atoms with Crippen molar-refractivity contribution in [3.8, 4) is 0 Å². The van der Waals surface area contributed by atoms with Crippen molar-refractivity contribution in [2.75, 3.05) is 0 Å². The smallest absolute Gasteiger partial charge is 0.0534 e. The van der Waals surface area contributed by atoms with Crippen LogP contribution in [-0.4, -0.2) is 16.2 Å². The fourth-order valence-corrected chi connectivity index (χ4v) is 1.47.